The molecule has 39 heavy (non-hydrogen) atoms. The molecule has 3 fully saturated rings. The minimum absolute atomic E-state index is 0.113. The minimum atomic E-state index is -2.18. The number of fused-ring (bicyclic) bond motifs is 3. The number of esters is 3. The van der Waals surface area contributed by atoms with Crippen LogP contribution in [0, 0.1) is 28.1 Å². The number of carbonyl (C=O) groups excluding carboxylic acids is 5. The third kappa shape index (κ3) is 3.97. The number of Topliss-reactive ketones (excluding diaryl/α,β-unsaturated/α-hetero) is 2. The summed E-state index contributed by atoms with van der Waals surface area (Å²) in [5.41, 5.74) is -7.32. The number of cyclic esters (lactones) is 1. The Balaban J connectivity index is 1.97. The first-order chi connectivity index (χ1) is 18.0. The first-order valence-electron chi connectivity index (χ1n) is 13.3. The second-order valence-corrected chi connectivity index (χ2v) is 12.5. The largest absolute Gasteiger partial charge is 0.472 e. The summed E-state index contributed by atoms with van der Waals surface area (Å²) in [4.78, 5) is 66.2. The molecule has 10 heteroatoms. The molecule has 214 valence electrons. The van der Waals surface area contributed by atoms with Crippen LogP contribution in [0.15, 0.2) is 23.0 Å². The third-order valence-corrected chi connectivity index (χ3v) is 10.4. The molecule has 0 spiro atoms. The summed E-state index contributed by atoms with van der Waals surface area (Å²) in [6.45, 7) is 9.74. The lowest BCUT2D eigenvalue weighted by Gasteiger charge is -2.67. The number of ether oxygens (including phenoxy) is 3. The van der Waals surface area contributed by atoms with E-state index in [-0.39, 0.29) is 37.0 Å². The van der Waals surface area contributed by atoms with Gasteiger partial charge in [0.1, 0.15) is 29.4 Å². The van der Waals surface area contributed by atoms with Crippen LogP contribution in [0.1, 0.15) is 84.0 Å². The molecule has 4 rings (SSSR count). The van der Waals surface area contributed by atoms with Crippen LogP contribution in [0.25, 0.3) is 0 Å². The molecule has 7 atom stereocenters. The normalized spacial score (nSPS) is 39.4. The van der Waals surface area contributed by atoms with E-state index in [1.54, 1.807) is 27.7 Å². The number of methoxy groups -OCH3 is 1. The van der Waals surface area contributed by atoms with Crippen molar-refractivity contribution >= 4 is 29.5 Å². The summed E-state index contributed by atoms with van der Waals surface area (Å²) >= 11 is 0. The quantitative estimate of drug-likeness (QED) is 0.331. The van der Waals surface area contributed by atoms with Crippen molar-refractivity contribution in [1.82, 2.24) is 0 Å². The topological polar surface area (TPSA) is 146 Å². The molecule has 0 radical (unpaired) electrons. The molecule has 1 N–H and O–H groups in total. The van der Waals surface area contributed by atoms with E-state index >= 15 is 0 Å². The highest BCUT2D eigenvalue weighted by atomic mass is 16.6. The van der Waals surface area contributed by atoms with Gasteiger partial charge in [-0.2, -0.15) is 0 Å². The van der Waals surface area contributed by atoms with E-state index in [9.17, 15) is 29.1 Å². The number of aliphatic hydroxyl groups is 1. The smallest absolute Gasteiger partial charge is 0.310 e. The van der Waals surface area contributed by atoms with Gasteiger partial charge in [-0.15, -0.1) is 0 Å². The van der Waals surface area contributed by atoms with Crippen LogP contribution >= 0.6 is 0 Å². The van der Waals surface area contributed by atoms with Crippen molar-refractivity contribution in [2.45, 2.75) is 91.0 Å². The van der Waals surface area contributed by atoms with E-state index in [2.05, 4.69) is 0 Å². The van der Waals surface area contributed by atoms with Crippen molar-refractivity contribution in [1.29, 1.82) is 0 Å². The number of hydrogen-bond donors (Lipinski definition) is 1. The van der Waals surface area contributed by atoms with Gasteiger partial charge >= 0.3 is 17.9 Å². The van der Waals surface area contributed by atoms with Gasteiger partial charge in [0.05, 0.1) is 42.6 Å². The Morgan fingerprint density at radius 2 is 1.74 bits per heavy atom. The zero-order valence-electron chi connectivity index (χ0n) is 23.6. The third-order valence-electron chi connectivity index (χ3n) is 10.4. The zero-order chi connectivity index (χ0) is 29.2. The number of carbonyl (C=O) groups is 5. The summed E-state index contributed by atoms with van der Waals surface area (Å²) < 4.78 is 21.6. The SMILES string of the molecule is COC(=O)C[C@@]1(O)[C@](C)(C(=O)c2ccoc2)CC[C@@H]2[C@@]3(C)[C@@H](OC(C)=O)CC(=O)OC(C)(C)[C@@H]3CC(=O)[C@]21C. The molecular weight excluding hydrogens is 508 g/mol. The predicted molar refractivity (Wildman–Crippen MR) is 135 cm³/mol. The molecule has 0 unspecified atom stereocenters. The maximum atomic E-state index is 14.3. The Morgan fingerprint density at radius 3 is 2.31 bits per heavy atom. The van der Waals surface area contributed by atoms with E-state index in [1.807, 2.05) is 6.92 Å². The second-order valence-electron chi connectivity index (χ2n) is 12.5. The summed E-state index contributed by atoms with van der Waals surface area (Å²) in [5, 5.41) is 12.7. The predicted octanol–water partition coefficient (Wildman–Crippen LogP) is 3.43. The lowest BCUT2D eigenvalue weighted by atomic mass is 9.36. The Kier molecular flexibility index (Phi) is 6.90. The van der Waals surface area contributed by atoms with Gasteiger partial charge in [-0.1, -0.05) is 6.92 Å². The molecule has 3 aliphatic rings. The standard InChI is InChI=1S/C29H38O10/c1-16(30)38-21-13-22(32)39-25(2,3)19-12-20(31)28(6)18(27(19,21)5)8-10-26(4,24(34)17-9-11-37-15-17)29(28,35)14-23(33)36-7/h9,11,15,18-19,21,35H,8,10,12-14H2,1-7H3/t18-,19+,21+,26+,27-,28+,29-/m1/s1. The van der Waals surface area contributed by atoms with E-state index in [1.165, 1.54) is 32.6 Å². The van der Waals surface area contributed by atoms with Crippen LogP contribution in [-0.4, -0.2) is 59.0 Å². The fourth-order valence-corrected chi connectivity index (χ4v) is 8.27. The minimum Gasteiger partial charge on any atom is -0.472 e. The summed E-state index contributed by atoms with van der Waals surface area (Å²) in [6, 6.07) is 1.48. The maximum absolute atomic E-state index is 14.3. The molecule has 2 saturated carbocycles. The van der Waals surface area contributed by atoms with Crippen LogP contribution < -0.4 is 0 Å². The number of furan rings is 1. The Hall–Kier alpha value is -3.01. The van der Waals surface area contributed by atoms with Crippen LogP contribution in [0.5, 0.6) is 0 Å². The molecule has 0 amide bonds. The Bertz CT molecular complexity index is 1200. The summed E-state index contributed by atoms with van der Waals surface area (Å²) in [6.07, 6.45) is 1.09. The maximum Gasteiger partial charge on any atom is 0.310 e. The van der Waals surface area contributed by atoms with Gasteiger partial charge < -0.3 is 23.7 Å². The van der Waals surface area contributed by atoms with Crippen molar-refractivity contribution in [2.24, 2.45) is 28.1 Å². The van der Waals surface area contributed by atoms with Gasteiger partial charge in [0.15, 0.2) is 5.78 Å². The van der Waals surface area contributed by atoms with Crippen LogP contribution in [0.4, 0.5) is 0 Å². The van der Waals surface area contributed by atoms with Gasteiger partial charge in [-0.3, -0.25) is 24.0 Å². The van der Waals surface area contributed by atoms with E-state index in [0.29, 0.717) is 0 Å². The Morgan fingerprint density at radius 1 is 1.08 bits per heavy atom. The van der Waals surface area contributed by atoms with Crippen molar-refractivity contribution in [3.63, 3.8) is 0 Å². The molecule has 1 saturated heterocycles. The fraction of sp³-hybridized carbons (Fsp3) is 0.690. The molecule has 10 nitrogen and oxygen atoms in total. The molecule has 0 bridgehead atoms. The van der Waals surface area contributed by atoms with Crippen molar-refractivity contribution in [2.75, 3.05) is 7.11 Å². The number of rotatable bonds is 5. The average molecular weight is 547 g/mol. The molecule has 1 aromatic heterocycles. The molecule has 2 heterocycles. The molecule has 1 aliphatic heterocycles. The van der Waals surface area contributed by atoms with Crippen LogP contribution in [0.3, 0.4) is 0 Å². The average Bonchev–Trinajstić information content (AvgIpc) is 3.36. The van der Waals surface area contributed by atoms with Gasteiger partial charge in [-0.25, -0.2) is 0 Å². The van der Waals surface area contributed by atoms with Crippen molar-refractivity contribution in [3.05, 3.63) is 24.2 Å². The van der Waals surface area contributed by atoms with Crippen LogP contribution in [-0.2, 0) is 33.4 Å². The first kappa shape index (κ1) is 29.0. The van der Waals surface area contributed by atoms with E-state index < -0.39 is 75.5 Å². The van der Waals surface area contributed by atoms with Crippen molar-refractivity contribution in [3.8, 4) is 0 Å². The molecule has 1 aromatic rings. The monoisotopic (exact) mass is 546 g/mol. The highest BCUT2D eigenvalue weighted by molar-refractivity contribution is 6.03. The number of ketones is 2. The lowest BCUT2D eigenvalue weighted by Crippen LogP contribution is -2.75. The van der Waals surface area contributed by atoms with Gasteiger partial charge in [0, 0.05) is 24.7 Å². The van der Waals surface area contributed by atoms with E-state index in [0.717, 1.165) is 0 Å². The summed E-state index contributed by atoms with van der Waals surface area (Å²) in [7, 11) is 1.18. The van der Waals surface area contributed by atoms with Crippen molar-refractivity contribution < 1.29 is 47.7 Å². The molecular formula is C29H38O10. The second kappa shape index (κ2) is 9.28. The highest BCUT2D eigenvalue weighted by Crippen LogP contribution is 2.70. The lowest BCUT2D eigenvalue weighted by molar-refractivity contribution is -0.255. The molecule has 2 aliphatic carbocycles. The van der Waals surface area contributed by atoms with E-state index in [4.69, 9.17) is 18.6 Å². The highest BCUT2D eigenvalue weighted by Gasteiger charge is 2.77. The fourth-order valence-electron chi connectivity index (χ4n) is 8.27. The first-order valence-corrected chi connectivity index (χ1v) is 13.3. The van der Waals surface area contributed by atoms with Gasteiger partial charge in [0.25, 0.3) is 0 Å². The van der Waals surface area contributed by atoms with Crippen LogP contribution in [0.2, 0.25) is 0 Å². The summed E-state index contributed by atoms with van der Waals surface area (Å²) in [5.74, 6) is -4.00. The number of hydrogen-bond acceptors (Lipinski definition) is 10. The van der Waals surface area contributed by atoms with Gasteiger partial charge in [0.2, 0.25) is 0 Å². The van der Waals surface area contributed by atoms with Gasteiger partial charge in [-0.05, 0) is 52.5 Å². The zero-order valence-corrected chi connectivity index (χ0v) is 23.6. The molecule has 0 aromatic carbocycles. The Labute approximate surface area is 227 Å².